The summed E-state index contributed by atoms with van der Waals surface area (Å²) < 4.78 is 33.6. The largest absolute Gasteiger partial charge is 0.465 e. The molecule has 2 unspecified atom stereocenters. The van der Waals surface area contributed by atoms with Gasteiger partial charge in [0.1, 0.15) is 23.5 Å². The van der Waals surface area contributed by atoms with Crippen LogP contribution < -0.4 is 5.32 Å². The normalized spacial score (nSPS) is 16.7. The van der Waals surface area contributed by atoms with Crippen LogP contribution in [0.3, 0.4) is 0 Å². The van der Waals surface area contributed by atoms with Crippen molar-refractivity contribution in [2.75, 3.05) is 7.11 Å². The first-order chi connectivity index (χ1) is 16.9. The van der Waals surface area contributed by atoms with Crippen LogP contribution in [-0.2, 0) is 16.1 Å². The van der Waals surface area contributed by atoms with Crippen LogP contribution in [0.2, 0.25) is 0 Å². The molecular weight excluding hydrogens is 452 g/mol. The number of ether oxygens (including phenoxy) is 1. The minimum absolute atomic E-state index is 0.0120. The molecule has 1 N–H and O–H groups in total. The van der Waals surface area contributed by atoms with Crippen molar-refractivity contribution in [2.45, 2.75) is 13.0 Å². The molecule has 178 valence electrons. The number of methoxy groups -OCH3 is 1. The molecule has 1 saturated carbocycles. The van der Waals surface area contributed by atoms with Crippen LogP contribution in [0.25, 0.3) is 17.2 Å². The zero-order valence-electron chi connectivity index (χ0n) is 19.0. The Morgan fingerprint density at radius 3 is 2.46 bits per heavy atom. The van der Waals surface area contributed by atoms with E-state index in [1.807, 2.05) is 24.3 Å². The van der Waals surface area contributed by atoms with Gasteiger partial charge in [-0.3, -0.25) is 9.59 Å². The lowest BCUT2D eigenvalue weighted by molar-refractivity contribution is -0.122. The van der Waals surface area contributed by atoms with Gasteiger partial charge in [-0.15, -0.1) is 0 Å². The van der Waals surface area contributed by atoms with Gasteiger partial charge in [0, 0.05) is 23.6 Å². The molecule has 0 aliphatic heterocycles. The van der Waals surface area contributed by atoms with E-state index in [1.54, 1.807) is 18.2 Å². The lowest BCUT2D eigenvalue weighted by Crippen LogP contribution is -2.25. The topological polar surface area (TPSA) is 72.5 Å². The molecule has 4 rings (SSSR count). The SMILES string of the molecule is COC(=O)c1c(F)cccc1-c1ccc(CNC(=O)C2CC2C=Cc2ccc(C=O)cc2)c(F)c1. The van der Waals surface area contributed by atoms with Gasteiger partial charge in [0.05, 0.1) is 7.11 Å². The molecule has 2 atom stereocenters. The van der Waals surface area contributed by atoms with Gasteiger partial charge >= 0.3 is 5.97 Å². The lowest BCUT2D eigenvalue weighted by atomic mass is 9.98. The Morgan fingerprint density at radius 1 is 1.03 bits per heavy atom. The monoisotopic (exact) mass is 475 g/mol. The van der Waals surface area contributed by atoms with E-state index in [2.05, 4.69) is 10.1 Å². The summed E-state index contributed by atoms with van der Waals surface area (Å²) in [5, 5.41) is 2.77. The number of rotatable bonds is 8. The number of carbonyl (C=O) groups is 3. The Balaban J connectivity index is 1.37. The highest BCUT2D eigenvalue weighted by Crippen LogP contribution is 2.40. The summed E-state index contributed by atoms with van der Waals surface area (Å²) in [7, 11) is 1.15. The molecule has 1 aliphatic rings. The van der Waals surface area contributed by atoms with Gasteiger partial charge in [0.25, 0.3) is 0 Å². The molecule has 5 nitrogen and oxygen atoms in total. The van der Waals surface area contributed by atoms with Gasteiger partial charge in [0.2, 0.25) is 5.91 Å². The number of benzene rings is 3. The minimum atomic E-state index is -0.846. The van der Waals surface area contributed by atoms with Gasteiger partial charge < -0.3 is 10.1 Å². The van der Waals surface area contributed by atoms with Gasteiger partial charge in [-0.1, -0.05) is 60.7 Å². The first-order valence-corrected chi connectivity index (χ1v) is 11.1. The van der Waals surface area contributed by atoms with Gasteiger partial charge in [-0.25, -0.2) is 13.6 Å². The Bertz CT molecular complexity index is 1300. The molecule has 1 fully saturated rings. The van der Waals surface area contributed by atoms with Crippen molar-refractivity contribution >= 4 is 24.2 Å². The van der Waals surface area contributed by atoms with Gasteiger partial charge in [-0.2, -0.15) is 0 Å². The minimum Gasteiger partial charge on any atom is -0.465 e. The fourth-order valence-corrected chi connectivity index (χ4v) is 3.90. The summed E-state index contributed by atoms with van der Waals surface area (Å²) in [5.74, 6) is -2.39. The molecule has 0 bridgehead atoms. The molecular formula is C28H23F2NO4. The first kappa shape index (κ1) is 24.0. The van der Waals surface area contributed by atoms with Crippen LogP contribution in [0.5, 0.6) is 0 Å². The molecule has 3 aromatic carbocycles. The smallest absolute Gasteiger partial charge is 0.341 e. The van der Waals surface area contributed by atoms with Crippen LogP contribution in [0.4, 0.5) is 8.78 Å². The van der Waals surface area contributed by atoms with Crippen molar-refractivity contribution in [1.29, 1.82) is 0 Å². The summed E-state index contributed by atoms with van der Waals surface area (Å²) in [6, 6.07) is 15.5. The van der Waals surface area contributed by atoms with Gasteiger partial charge in [0.15, 0.2) is 0 Å². The Labute approximate surface area is 201 Å². The van der Waals surface area contributed by atoms with Crippen molar-refractivity contribution in [1.82, 2.24) is 5.32 Å². The summed E-state index contributed by atoms with van der Waals surface area (Å²) in [5.41, 5.74) is 2.11. The van der Waals surface area contributed by atoms with Crippen LogP contribution in [0.15, 0.2) is 66.7 Å². The Kier molecular flexibility index (Phi) is 7.15. The molecule has 3 aromatic rings. The van der Waals surface area contributed by atoms with E-state index < -0.39 is 17.6 Å². The van der Waals surface area contributed by atoms with Crippen LogP contribution >= 0.6 is 0 Å². The van der Waals surface area contributed by atoms with Crippen LogP contribution in [0, 0.1) is 23.5 Å². The third kappa shape index (κ3) is 5.51. The zero-order valence-corrected chi connectivity index (χ0v) is 19.0. The predicted molar refractivity (Wildman–Crippen MR) is 127 cm³/mol. The van der Waals surface area contributed by atoms with Crippen molar-refractivity contribution in [3.8, 4) is 11.1 Å². The molecule has 0 radical (unpaired) electrons. The highest BCUT2D eigenvalue weighted by atomic mass is 19.1. The highest BCUT2D eigenvalue weighted by Gasteiger charge is 2.40. The number of carbonyl (C=O) groups excluding carboxylic acids is 3. The number of hydrogen-bond acceptors (Lipinski definition) is 4. The fourth-order valence-electron chi connectivity index (χ4n) is 3.90. The van der Waals surface area contributed by atoms with Crippen molar-refractivity contribution < 1.29 is 27.9 Å². The number of allylic oxidation sites excluding steroid dienone is 1. The van der Waals surface area contributed by atoms with E-state index in [-0.39, 0.29) is 41.0 Å². The van der Waals surface area contributed by atoms with E-state index in [1.165, 1.54) is 24.3 Å². The number of nitrogens with one attached hydrogen (secondary N) is 1. The highest BCUT2D eigenvalue weighted by molar-refractivity contribution is 5.97. The second-order valence-corrected chi connectivity index (χ2v) is 8.33. The van der Waals surface area contributed by atoms with Crippen LogP contribution in [-0.4, -0.2) is 25.3 Å². The van der Waals surface area contributed by atoms with Crippen molar-refractivity contribution in [3.05, 3.63) is 101 Å². The van der Waals surface area contributed by atoms with Crippen molar-refractivity contribution in [2.24, 2.45) is 11.8 Å². The molecule has 1 aliphatic carbocycles. The van der Waals surface area contributed by atoms with E-state index in [0.29, 0.717) is 17.5 Å². The average molecular weight is 475 g/mol. The van der Waals surface area contributed by atoms with E-state index in [0.717, 1.165) is 25.0 Å². The summed E-state index contributed by atoms with van der Waals surface area (Å²) >= 11 is 0. The van der Waals surface area contributed by atoms with Gasteiger partial charge in [-0.05, 0) is 41.2 Å². The molecule has 0 heterocycles. The molecule has 7 heteroatoms. The zero-order chi connectivity index (χ0) is 24.9. The third-order valence-corrected chi connectivity index (χ3v) is 6.01. The van der Waals surface area contributed by atoms with E-state index >= 15 is 0 Å². The summed E-state index contributed by atoms with van der Waals surface area (Å²) in [4.78, 5) is 35.2. The second-order valence-electron chi connectivity index (χ2n) is 8.33. The third-order valence-electron chi connectivity index (χ3n) is 6.01. The number of amides is 1. The predicted octanol–water partition coefficient (Wildman–Crippen LogP) is 5.20. The summed E-state index contributed by atoms with van der Waals surface area (Å²) in [6.45, 7) is 0.0120. The lowest BCUT2D eigenvalue weighted by Gasteiger charge is -2.11. The van der Waals surface area contributed by atoms with Crippen LogP contribution in [0.1, 0.15) is 38.3 Å². The molecule has 0 spiro atoms. The summed E-state index contributed by atoms with van der Waals surface area (Å²) in [6.07, 6.45) is 5.38. The number of esters is 1. The standard InChI is InChI=1S/C28H23F2NO4/c1-35-28(34)26-22(3-2-4-24(26)29)20-11-12-21(25(30)14-20)15-31-27(33)23-13-19(23)10-9-17-5-7-18(16-32)8-6-17/h2-12,14,16,19,23H,13,15H2,1H3,(H,31,33). The fraction of sp³-hybridized carbons (Fsp3) is 0.179. The molecule has 0 saturated heterocycles. The maximum atomic E-state index is 14.8. The Morgan fingerprint density at radius 2 is 1.77 bits per heavy atom. The maximum absolute atomic E-state index is 14.8. The van der Waals surface area contributed by atoms with E-state index in [4.69, 9.17) is 0 Å². The first-order valence-electron chi connectivity index (χ1n) is 11.1. The van der Waals surface area contributed by atoms with E-state index in [9.17, 15) is 23.2 Å². The number of halogens is 2. The Hall–Kier alpha value is -4.13. The van der Waals surface area contributed by atoms with Crippen molar-refractivity contribution in [3.63, 3.8) is 0 Å². The molecule has 35 heavy (non-hydrogen) atoms. The maximum Gasteiger partial charge on any atom is 0.341 e. The quantitative estimate of drug-likeness (QED) is 0.359. The number of aldehydes is 1. The molecule has 1 amide bonds. The molecule has 0 aromatic heterocycles. The number of hydrogen-bond donors (Lipinski definition) is 1. The second kappa shape index (κ2) is 10.4. The average Bonchev–Trinajstić information content (AvgIpc) is 3.66.